The van der Waals surface area contributed by atoms with Crippen molar-refractivity contribution in [1.82, 2.24) is 0 Å². The highest BCUT2D eigenvalue weighted by molar-refractivity contribution is 5.66. The summed E-state index contributed by atoms with van der Waals surface area (Å²) in [5.74, 6) is -0.422. The van der Waals surface area contributed by atoms with Crippen molar-refractivity contribution < 1.29 is 19.1 Å². The summed E-state index contributed by atoms with van der Waals surface area (Å²) in [5, 5.41) is 0. The van der Waals surface area contributed by atoms with Gasteiger partial charge in [0.25, 0.3) is 0 Å². The SMILES string of the molecule is CC(=O)OCCCC=CCCCCCOC(C)=O. The number of esters is 2. The van der Waals surface area contributed by atoms with Crippen LogP contribution in [0.5, 0.6) is 0 Å². The van der Waals surface area contributed by atoms with E-state index in [0.717, 1.165) is 38.5 Å². The van der Waals surface area contributed by atoms with Gasteiger partial charge < -0.3 is 9.47 Å². The number of allylic oxidation sites excluding steroid dienone is 2. The van der Waals surface area contributed by atoms with E-state index in [9.17, 15) is 9.59 Å². The van der Waals surface area contributed by atoms with E-state index >= 15 is 0 Å². The first kappa shape index (κ1) is 16.7. The van der Waals surface area contributed by atoms with Gasteiger partial charge >= 0.3 is 11.9 Å². The van der Waals surface area contributed by atoms with Crippen LogP contribution in [0.2, 0.25) is 0 Å². The first-order valence-electron chi connectivity index (χ1n) is 6.54. The molecule has 0 heterocycles. The molecule has 104 valence electrons. The van der Waals surface area contributed by atoms with Gasteiger partial charge in [-0.1, -0.05) is 12.2 Å². The van der Waals surface area contributed by atoms with Crippen LogP contribution in [0.1, 0.15) is 52.4 Å². The van der Waals surface area contributed by atoms with Crippen LogP contribution in [0.25, 0.3) is 0 Å². The van der Waals surface area contributed by atoms with E-state index in [1.165, 1.54) is 13.8 Å². The van der Waals surface area contributed by atoms with Gasteiger partial charge in [0.05, 0.1) is 13.2 Å². The predicted molar refractivity (Wildman–Crippen MR) is 70.1 cm³/mol. The highest BCUT2D eigenvalue weighted by atomic mass is 16.5. The van der Waals surface area contributed by atoms with Crippen LogP contribution in [0.15, 0.2) is 12.2 Å². The molecule has 0 fully saturated rings. The van der Waals surface area contributed by atoms with Crippen LogP contribution in [0.4, 0.5) is 0 Å². The topological polar surface area (TPSA) is 52.6 Å². The number of hydrogen-bond acceptors (Lipinski definition) is 4. The van der Waals surface area contributed by atoms with Crippen LogP contribution in [0.3, 0.4) is 0 Å². The third kappa shape index (κ3) is 14.7. The van der Waals surface area contributed by atoms with E-state index in [1.54, 1.807) is 0 Å². The van der Waals surface area contributed by atoms with Crippen molar-refractivity contribution in [3.63, 3.8) is 0 Å². The minimum atomic E-state index is -0.216. The maximum Gasteiger partial charge on any atom is 0.302 e. The van der Waals surface area contributed by atoms with Gasteiger partial charge in [0.2, 0.25) is 0 Å². The summed E-state index contributed by atoms with van der Waals surface area (Å²) in [6.45, 7) is 3.88. The molecule has 0 aliphatic heterocycles. The Kier molecular flexibility index (Phi) is 11.3. The third-order valence-electron chi connectivity index (χ3n) is 2.31. The van der Waals surface area contributed by atoms with Crippen LogP contribution in [0, 0.1) is 0 Å². The van der Waals surface area contributed by atoms with Crippen molar-refractivity contribution in [1.29, 1.82) is 0 Å². The smallest absolute Gasteiger partial charge is 0.302 e. The lowest BCUT2D eigenvalue weighted by Crippen LogP contribution is -2.00. The maximum atomic E-state index is 10.5. The van der Waals surface area contributed by atoms with E-state index in [4.69, 9.17) is 9.47 Å². The molecule has 0 N–H and O–H groups in total. The second-order valence-corrected chi connectivity index (χ2v) is 4.14. The molecular formula is C14H24O4. The summed E-state index contributed by atoms with van der Waals surface area (Å²) in [4.78, 5) is 21.0. The highest BCUT2D eigenvalue weighted by Crippen LogP contribution is 2.02. The summed E-state index contributed by atoms with van der Waals surface area (Å²) >= 11 is 0. The van der Waals surface area contributed by atoms with Crippen molar-refractivity contribution in [3.8, 4) is 0 Å². The van der Waals surface area contributed by atoms with E-state index in [1.807, 2.05) is 0 Å². The lowest BCUT2D eigenvalue weighted by atomic mass is 10.2. The summed E-state index contributed by atoms with van der Waals surface area (Å²) in [6.07, 6.45) is 10.3. The number of hydrogen-bond donors (Lipinski definition) is 0. The first-order chi connectivity index (χ1) is 8.63. The van der Waals surface area contributed by atoms with E-state index in [-0.39, 0.29) is 11.9 Å². The summed E-state index contributed by atoms with van der Waals surface area (Å²) < 4.78 is 9.65. The monoisotopic (exact) mass is 256 g/mol. The Morgan fingerprint density at radius 1 is 0.778 bits per heavy atom. The van der Waals surface area contributed by atoms with Crippen molar-refractivity contribution in [2.24, 2.45) is 0 Å². The Hall–Kier alpha value is -1.32. The average Bonchev–Trinajstić information content (AvgIpc) is 2.29. The molecule has 0 spiro atoms. The molecule has 4 heteroatoms. The van der Waals surface area contributed by atoms with Crippen LogP contribution in [-0.4, -0.2) is 25.2 Å². The Bertz CT molecular complexity index is 259. The van der Waals surface area contributed by atoms with Gasteiger partial charge in [-0.2, -0.15) is 0 Å². The number of rotatable bonds is 10. The van der Waals surface area contributed by atoms with E-state index in [0.29, 0.717) is 13.2 Å². The molecule has 0 rings (SSSR count). The highest BCUT2D eigenvalue weighted by Gasteiger charge is 1.92. The van der Waals surface area contributed by atoms with Crippen molar-refractivity contribution in [2.45, 2.75) is 52.4 Å². The summed E-state index contributed by atoms with van der Waals surface area (Å²) in [7, 11) is 0. The average molecular weight is 256 g/mol. The first-order valence-corrected chi connectivity index (χ1v) is 6.54. The molecule has 0 aliphatic rings. The molecule has 4 nitrogen and oxygen atoms in total. The zero-order valence-electron chi connectivity index (χ0n) is 11.4. The van der Waals surface area contributed by atoms with Crippen LogP contribution < -0.4 is 0 Å². The fraction of sp³-hybridized carbons (Fsp3) is 0.714. The van der Waals surface area contributed by atoms with Gasteiger partial charge in [0, 0.05) is 13.8 Å². The molecule has 0 aromatic rings. The number of carbonyl (C=O) groups is 2. The molecule has 0 saturated heterocycles. The predicted octanol–water partition coefficient (Wildman–Crippen LogP) is 3.01. The maximum absolute atomic E-state index is 10.5. The molecule has 0 aliphatic carbocycles. The number of ether oxygens (including phenoxy) is 2. The lowest BCUT2D eigenvalue weighted by molar-refractivity contribution is -0.142. The molecule has 0 saturated carbocycles. The Labute approximate surface area is 109 Å². The van der Waals surface area contributed by atoms with Gasteiger partial charge in [-0.15, -0.1) is 0 Å². The zero-order valence-corrected chi connectivity index (χ0v) is 11.4. The second kappa shape index (κ2) is 12.1. The normalized spacial score (nSPS) is 10.6. The van der Waals surface area contributed by atoms with Crippen molar-refractivity contribution >= 4 is 11.9 Å². The lowest BCUT2D eigenvalue weighted by Gasteiger charge is -2.00. The Morgan fingerprint density at radius 3 is 1.83 bits per heavy atom. The summed E-state index contributed by atoms with van der Waals surface area (Å²) in [5.41, 5.74) is 0. The van der Waals surface area contributed by atoms with Crippen LogP contribution in [-0.2, 0) is 19.1 Å². The molecule has 0 aromatic carbocycles. The molecule has 0 amide bonds. The molecule has 0 atom stereocenters. The molecule has 18 heavy (non-hydrogen) atoms. The third-order valence-corrected chi connectivity index (χ3v) is 2.31. The van der Waals surface area contributed by atoms with Crippen molar-refractivity contribution in [2.75, 3.05) is 13.2 Å². The fourth-order valence-electron chi connectivity index (χ4n) is 1.41. The number of carbonyl (C=O) groups excluding carboxylic acids is 2. The van der Waals surface area contributed by atoms with Gasteiger partial charge in [-0.05, 0) is 38.5 Å². The molecule has 0 bridgehead atoms. The number of unbranched alkanes of at least 4 members (excludes halogenated alkanes) is 4. The molecule has 0 unspecified atom stereocenters. The molecular weight excluding hydrogens is 232 g/mol. The minimum absolute atomic E-state index is 0.206. The van der Waals surface area contributed by atoms with Crippen molar-refractivity contribution in [3.05, 3.63) is 12.2 Å². The van der Waals surface area contributed by atoms with Crippen LogP contribution >= 0.6 is 0 Å². The van der Waals surface area contributed by atoms with Gasteiger partial charge in [-0.3, -0.25) is 9.59 Å². The summed E-state index contributed by atoms with van der Waals surface area (Å²) in [6, 6.07) is 0. The quantitative estimate of drug-likeness (QED) is 0.342. The Balaban J connectivity index is 3.13. The molecule has 0 aromatic heterocycles. The zero-order chi connectivity index (χ0) is 13.6. The fourth-order valence-corrected chi connectivity index (χ4v) is 1.41. The second-order valence-electron chi connectivity index (χ2n) is 4.14. The van der Waals surface area contributed by atoms with E-state index < -0.39 is 0 Å². The Morgan fingerprint density at radius 2 is 1.28 bits per heavy atom. The van der Waals surface area contributed by atoms with E-state index in [2.05, 4.69) is 12.2 Å². The van der Waals surface area contributed by atoms with Gasteiger partial charge in [-0.25, -0.2) is 0 Å². The minimum Gasteiger partial charge on any atom is -0.466 e. The van der Waals surface area contributed by atoms with Gasteiger partial charge in [0.1, 0.15) is 0 Å². The largest absolute Gasteiger partial charge is 0.466 e. The standard InChI is InChI=1S/C14H24O4/c1-13(15)17-11-9-7-5-3-4-6-8-10-12-18-14(2)16/h3,5H,4,6-12H2,1-2H3. The molecule has 0 radical (unpaired) electrons. The van der Waals surface area contributed by atoms with Gasteiger partial charge in [0.15, 0.2) is 0 Å².